The summed E-state index contributed by atoms with van der Waals surface area (Å²) in [5, 5.41) is 9.22. The Morgan fingerprint density at radius 2 is 1.91 bits per heavy atom. The maximum absolute atomic E-state index is 11.9. The molecule has 0 unspecified atom stereocenters. The first kappa shape index (κ1) is 15.9. The summed E-state index contributed by atoms with van der Waals surface area (Å²) in [7, 11) is 4.49. The lowest BCUT2D eigenvalue weighted by Gasteiger charge is -2.23. The Kier molecular flexibility index (Phi) is 4.75. The second-order valence-corrected chi connectivity index (χ2v) is 4.91. The van der Waals surface area contributed by atoms with Crippen LogP contribution in [0.15, 0.2) is 12.1 Å². The molecule has 1 aromatic rings. The number of rotatable bonds is 6. The van der Waals surface area contributed by atoms with E-state index in [0.717, 1.165) is 0 Å². The molecule has 0 bridgehead atoms. The molecule has 1 aliphatic rings. The maximum atomic E-state index is 11.9. The van der Waals surface area contributed by atoms with Gasteiger partial charge in [0.25, 0.3) is 0 Å². The van der Waals surface area contributed by atoms with E-state index in [9.17, 15) is 14.7 Å². The Bertz CT molecular complexity index is 586. The quantitative estimate of drug-likeness (QED) is 0.852. The van der Waals surface area contributed by atoms with Gasteiger partial charge >= 0.3 is 5.97 Å². The highest BCUT2D eigenvalue weighted by Crippen LogP contribution is 2.40. The van der Waals surface area contributed by atoms with E-state index in [1.807, 2.05) is 0 Å². The van der Waals surface area contributed by atoms with Crippen LogP contribution in [0.25, 0.3) is 0 Å². The molecule has 1 atom stereocenters. The van der Waals surface area contributed by atoms with Crippen LogP contribution < -0.4 is 14.2 Å². The van der Waals surface area contributed by atoms with Crippen LogP contribution in [0.1, 0.15) is 18.4 Å². The second-order valence-electron chi connectivity index (χ2n) is 4.91. The molecule has 120 valence electrons. The third kappa shape index (κ3) is 2.79. The van der Waals surface area contributed by atoms with Crippen molar-refractivity contribution in [3.63, 3.8) is 0 Å². The zero-order valence-electron chi connectivity index (χ0n) is 12.8. The minimum Gasteiger partial charge on any atom is -0.493 e. The molecule has 1 N–H and O–H groups in total. The van der Waals surface area contributed by atoms with Gasteiger partial charge in [0.15, 0.2) is 11.5 Å². The first-order valence-corrected chi connectivity index (χ1v) is 6.83. The number of carbonyl (C=O) groups excluding carboxylic acids is 1. The number of hydrogen-bond acceptors (Lipinski definition) is 5. The van der Waals surface area contributed by atoms with E-state index in [-0.39, 0.29) is 18.9 Å². The molecule has 2 rings (SSSR count). The van der Waals surface area contributed by atoms with Gasteiger partial charge in [-0.2, -0.15) is 0 Å². The van der Waals surface area contributed by atoms with Gasteiger partial charge in [0, 0.05) is 12.0 Å². The minimum absolute atomic E-state index is 0.152. The fourth-order valence-electron chi connectivity index (χ4n) is 2.66. The molecule has 22 heavy (non-hydrogen) atoms. The van der Waals surface area contributed by atoms with Gasteiger partial charge in [-0.15, -0.1) is 0 Å². The lowest BCUT2D eigenvalue weighted by atomic mass is 10.1. The molecular formula is C15H19NO6. The summed E-state index contributed by atoms with van der Waals surface area (Å²) in [5.41, 5.74) is 0.668. The van der Waals surface area contributed by atoms with Gasteiger partial charge in [-0.1, -0.05) is 0 Å². The number of carbonyl (C=O) groups is 2. The molecule has 7 nitrogen and oxygen atoms in total. The summed E-state index contributed by atoms with van der Waals surface area (Å²) in [6.45, 7) is 0.152. The SMILES string of the molecule is COc1ccc(CN2C(=O)CC[C@H]2C(=O)O)c(OC)c1OC. The fourth-order valence-corrected chi connectivity index (χ4v) is 2.66. The predicted molar refractivity (Wildman–Crippen MR) is 77.3 cm³/mol. The molecule has 1 aliphatic heterocycles. The lowest BCUT2D eigenvalue weighted by Crippen LogP contribution is -2.38. The normalized spacial score (nSPS) is 17.5. The van der Waals surface area contributed by atoms with Crippen LogP contribution in [-0.2, 0) is 16.1 Å². The van der Waals surface area contributed by atoms with Crippen LogP contribution in [0.5, 0.6) is 17.2 Å². The topological polar surface area (TPSA) is 85.3 Å². The Hall–Kier alpha value is -2.44. The molecule has 0 aromatic heterocycles. The number of hydrogen-bond donors (Lipinski definition) is 1. The van der Waals surface area contributed by atoms with Gasteiger partial charge in [0.1, 0.15) is 6.04 Å². The standard InChI is InChI=1S/C15H19NO6/c1-20-11-6-4-9(13(21-2)14(11)22-3)8-16-10(15(18)19)5-7-12(16)17/h4,6,10H,5,7-8H2,1-3H3,(H,18,19)/t10-/m0/s1. The number of amides is 1. The smallest absolute Gasteiger partial charge is 0.326 e. The molecular weight excluding hydrogens is 290 g/mol. The van der Waals surface area contributed by atoms with Crippen molar-refractivity contribution in [2.24, 2.45) is 0 Å². The van der Waals surface area contributed by atoms with Gasteiger partial charge < -0.3 is 24.2 Å². The summed E-state index contributed by atoms with van der Waals surface area (Å²) in [6.07, 6.45) is 0.566. The van der Waals surface area contributed by atoms with Crippen LogP contribution in [0.2, 0.25) is 0 Å². The first-order valence-electron chi connectivity index (χ1n) is 6.83. The summed E-state index contributed by atoms with van der Waals surface area (Å²) >= 11 is 0. The monoisotopic (exact) mass is 309 g/mol. The average molecular weight is 309 g/mol. The number of ether oxygens (including phenoxy) is 3. The van der Waals surface area contributed by atoms with Crippen molar-refractivity contribution < 1.29 is 28.9 Å². The van der Waals surface area contributed by atoms with Crippen LogP contribution in [0.4, 0.5) is 0 Å². The Balaban J connectivity index is 2.36. The molecule has 0 spiro atoms. The van der Waals surface area contributed by atoms with Crippen molar-refractivity contribution in [3.8, 4) is 17.2 Å². The van der Waals surface area contributed by atoms with E-state index in [0.29, 0.717) is 29.2 Å². The number of aliphatic carboxylic acids is 1. The number of likely N-dealkylation sites (tertiary alicyclic amines) is 1. The maximum Gasteiger partial charge on any atom is 0.326 e. The van der Waals surface area contributed by atoms with E-state index in [2.05, 4.69) is 0 Å². The van der Waals surface area contributed by atoms with E-state index >= 15 is 0 Å². The molecule has 1 fully saturated rings. The number of carboxylic acids is 1. The predicted octanol–water partition coefficient (Wildman–Crippen LogP) is 1.29. The van der Waals surface area contributed by atoms with Crippen molar-refractivity contribution in [1.82, 2.24) is 4.90 Å². The lowest BCUT2D eigenvalue weighted by molar-refractivity contribution is -0.146. The summed E-state index contributed by atoms with van der Waals surface area (Å²) in [6, 6.07) is 2.64. The summed E-state index contributed by atoms with van der Waals surface area (Å²) in [5.74, 6) is 0.187. The molecule has 1 saturated heterocycles. The number of methoxy groups -OCH3 is 3. The van der Waals surface area contributed by atoms with Crippen molar-refractivity contribution in [3.05, 3.63) is 17.7 Å². The van der Waals surface area contributed by atoms with Gasteiger partial charge in [0.05, 0.1) is 27.9 Å². The van der Waals surface area contributed by atoms with Crippen molar-refractivity contribution in [2.45, 2.75) is 25.4 Å². The Morgan fingerprint density at radius 1 is 1.23 bits per heavy atom. The largest absolute Gasteiger partial charge is 0.493 e. The Morgan fingerprint density at radius 3 is 2.45 bits per heavy atom. The van der Waals surface area contributed by atoms with Crippen LogP contribution in [0.3, 0.4) is 0 Å². The van der Waals surface area contributed by atoms with E-state index in [1.54, 1.807) is 12.1 Å². The van der Waals surface area contributed by atoms with E-state index in [4.69, 9.17) is 14.2 Å². The van der Waals surface area contributed by atoms with Crippen LogP contribution in [-0.4, -0.2) is 49.3 Å². The molecule has 0 saturated carbocycles. The fraction of sp³-hybridized carbons (Fsp3) is 0.467. The molecule has 1 heterocycles. The summed E-state index contributed by atoms with van der Waals surface area (Å²) in [4.78, 5) is 24.5. The molecule has 0 aliphatic carbocycles. The first-order chi connectivity index (χ1) is 10.5. The second kappa shape index (κ2) is 6.55. The van der Waals surface area contributed by atoms with Gasteiger partial charge in [0.2, 0.25) is 11.7 Å². The van der Waals surface area contributed by atoms with Gasteiger partial charge in [-0.25, -0.2) is 4.79 Å². The van der Waals surface area contributed by atoms with Crippen LogP contribution in [0, 0.1) is 0 Å². The third-order valence-electron chi connectivity index (χ3n) is 3.74. The zero-order chi connectivity index (χ0) is 16.3. The number of carboxylic acid groups (broad SMARTS) is 1. The highest BCUT2D eigenvalue weighted by atomic mass is 16.5. The van der Waals surface area contributed by atoms with Crippen molar-refractivity contribution in [2.75, 3.05) is 21.3 Å². The van der Waals surface area contributed by atoms with Gasteiger partial charge in [-0.3, -0.25) is 4.79 Å². The molecule has 1 aromatic carbocycles. The molecule has 1 amide bonds. The average Bonchev–Trinajstić information content (AvgIpc) is 2.87. The minimum atomic E-state index is -0.995. The number of benzene rings is 1. The molecule has 7 heteroatoms. The highest BCUT2D eigenvalue weighted by Gasteiger charge is 2.36. The van der Waals surface area contributed by atoms with Crippen molar-refractivity contribution >= 4 is 11.9 Å². The van der Waals surface area contributed by atoms with Crippen LogP contribution >= 0.6 is 0 Å². The zero-order valence-corrected chi connectivity index (χ0v) is 12.8. The number of nitrogens with zero attached hydrogens (tertiary/aromatic N) is 1. The van der Waals surface area contributed by atoms with E-state index in [1.165, 1.54) is 26.2 Å². The van der Waals surface area contributed by atoms with E-state index < -0.39 is 12.0 Å². The Labute approximate surface area is 128 Å². The summed E-state index contributed by atoms with van der Waals surface area (Å²) < 4.78 is 15.9. The van der Waals surface area contributed by atoms with Crippen molar-refractivity contribution in [1.29, 1.82) is 0 Å². The molecule has 0 radical (unpaired) electrons. The highest BCUT2D eigenvalue weighted by molar-refractivity contribution is 5.87. The van der Waals surface area contributed by atoms with Gasteiger partial charge in [-0.05, 0) is 18.6 Å². The third-order valence-corrected chi connectivity index (χ3v) is 3.74.